The first-order chi connectivity index (χ1) is 16.1. The summed E-state index contributed by atoms with van der Waals surface area (Å²) in [5, 5.41) is 3.76. The number of aromatic nitrogens is 2. The first-order valence-corrected chi connectivity index (χ1v) is 12.0. The number of hydrogen-bond donors (Lipinski definition) is 1. The number of nitrogens with zero attached hydrogens (tertiary/aromatic N) is 2. The van der Waals surface area contributed by atoms with Crippen molar-refractivity contribution in [3.8, 4) is 5.75 Å². The van der Waals surface area contributed by atoms with Gasteiger partial charge in [-0.1, -0.05) is 31.2 Å². The minimum Gasteiger partial charge on any atom is -0.487 e. The Kier molecular flexibility index (Phi) is 8.21. The Morgan fingerprint density at radius 2 is 1.85 bits per heavy atom. The Hall–Kier alpha value is -3.05. The number of fused-ring (bicyclic) bond motifs is 1. The third-order valence-electron chi connectivity index (χ3n) is 6.13. The van der Waals surface area contributed by atoms with Crippen LogP contribution in [0.15, 0.2) is 54.7 Å². The summed E-state index contributed by atoms with van der Waals surface area (Å²) in [7, 11) is 0. The molecule has 0 amide bonds. The molecule has 34 heavy (non-hydrogen) atoms. The van der Waals surface area contributed by atoms with Gasteiger partial charge in [0.25, 0.3) is 0 Å². The zero-order valence-corrected chi connectivity index (χ0v) is 21.5. The van der Waals surface area contributed by atoms with E-state index in [1.807, 2.05) is 38.1 Å². The molecule has 0 fully saturated rings. The van der Waals surface area contributed by atoms with Crippen molar-refractivity contribution in [1.29, 1.82) is 0 Å². The van der Waals surface area contributed by atoms with Gasteiger partial charge in [-0.15, -0.1) is 0 Å². The van der Waals surface area contributed by atoms with Gasteiger partial charge < -0.3 is 10.1 Å². The summed E-state index contributed by atoms with van der Waals surface area (Å²) in [6.07, 6.45) is 3.67. The summed E-state index contributed by atoms with van der Waals surface area (Å²) in [6.45, 7) is 14.0. The largest absolute Gasteiger partial charge is 0.487 e. The van der Waals surface area contributed by atoms with Crippen LogP contribution >= 0.6 is 0 Å². The Morgan fingerprint density at radius 1 is 1.15 bits per heavy atom. The van der Waals surface area contributed by atoms with Crippen molar-refractivity contribution in [2.45, 2.75) is 79.0 Å². The molecule has 1 aliphatic rings. The number of ether oxygens (including phenoxy) is 1. The van der Waals surface area contributed by atoms with E-state index in [1.54, 1.807) is 13.1 Å². The van der Waals surface area contributed by atoms with Crippen molar-refractivity contribution in [3.05, 3.63) is 88.5 Å². The van der Waals surface area contributed by atoms with E-state index in [0.29, 0.717) is 0 Å². The quantitative estimate of drug-likeness (QED) is 0.441. The molecule has 0 bridgehead atoms. The molecule has 180 valence electrons. The average Bonchev–Trinajstić information content (AvgIpc) is 2.78. The second-order valence-corrected chi connectivity index (χ2v) is 9.66. The molecule has 5 nitrogen and oxygen atoms in total. The molecule has 2 heterocycles. The summed E-state index contributed by atoms with van der Waals surface area (Å²) in [4.78, 5) is 19.8. The number of Topliss-reactive ketones (excluding diaryl/α,β-unsaturated/α-hetero) is 1. The number of benzene rings is 2. The lowest BCUT2D eigenvalue weighted by Crippen LogP contribution is -2.40. The van der Waals surface area contributed by atoms with E-state index in [2.05, 4.69) is 67.2 Å². The highest BCUT2D eigenvalue weighted by Crippen LogP contribution is 2.41. The maximum absolute atomic E-state index is 11.8. The van der Waals surface area contributed by atoms with E-state index in [4.69, 9.17) is 4.74 Å². The van der Waals surface area contributed by atoms with Crippen LogP contribution in [0.5, 0.6) is 5.75 Å². The van der Waals surface area contributed by atoms with Crippen LogP contribution in [0.4, 0.5) is 0 Å². The molecule has 1 N–H and O–H groups in total. The van der Waals surface area contributed by atoms with Gasteiger partial charge in [-0.2, -0.15) is 0 Å². The number of rotatable bonds is 5. The SMILES string of the molecule is CCc1ccc(C(C)NC2CC(C)(C)Oc3ccc(C(C)=O)cc32)cc1.Cc1ccnc(C)n1. The molecule has 2 unspecified atom stereocenters. The first-order valence-electron chi connectivity index (χ1n) is 12.0. The van der Waals surface area contributed by atoms with Gasteiger partial charge in [-0.05, 0) is 83.4 Å². The molecule has 2 aromatic carbocycles. The van der Waals surface area contributed by atoms with Gasteiger partial charge in [0.15, 0.2) is 5.78 Å². The maximum Gasteiger partial charge on any atom is 0.159 e. The molecule has 0 saturated carbocycles. The fraction of sp³-hybridized carbons (Fsp3) is 0.414. The number of ketones is 1. The highest BCUT2D eigenvalue weighted by Gasteiger charge is 2.34. The van der Waals surface area contributed by atoms with Gasteiger partial charge in [0, 0.05) is 41.5 Å². The normalized spacial score (nSPS) is 17.0. The number of nitrogens with one attached hydrogen (secondary N) is 1. The lowest BCUT2D eigenvalue weighted by molar-refractivity contribution is 0.0640. The van der Waals surface area contributed by atoms with Crippen molar-refractivity contribution in [2.75, 3.05) is 0 Å². The Morgan fingerprint density at radius 3 is 2.41 bits per heavy atom. The van der Waals surface area contributed by atoms with Crippen molar-refractivity contribution in [2.24, 2.45) is 0 Å². The average molecular weight is 460 g/mol. The topological polar surface area (TPSA) is 64.1 Å². The summed E-state index contributed by atoms with van der Waals surface area (Å²) in [5.74, 6) is 1.79. The molecule has 1 aromatic heterocycles. The third kappa shape index (κ3) is 6.73. The third-order valence-corrected chi connectivity index (χ3v) is 6.13. The lowest BCUT2D eigenvalue weighted by Gasteiger charge is -2.39. The second kappa shape index (κ2) is 10.9. The minimum atomic E-state index is -0.242. The number of aryl methyl sites for hydroxylation is 3. The molecule has 5 heteroatoms. The van der Waals surface area contributed by atoms with E-state index < -0.39 is 0 Å². The van der Waals surface area contributed by atoms with Gasteiger partial charge in [-0.3, -0.25) is 4.79 Å². The maximum atomic E-state index is 11.8. The summed E-state index contributed by atoms with van der Waals surface area (Å²) >= 11 is 0. The number of hydrogen-bond acceptors (Lipinski definition) is 5. The molecular weight excluding hydrogens is 422 g/mol. The molecule has 0 radical (unpaired) electrons. The van der Waals surface area contributed by atoms with Crippen molar-refractivity contribution < 1.29 is 9.53 Å². The molecule has 0 saturated heterocycles. The zero-order valence-electron chi connectivity index (χ0n) is 21.5. The minimum absolute atomic E-state index is 0.0830. The summed E-state index contributed by atoms with van der Waals surface area (Å²) in [6, 6.07) is 16.8. The van der Waals surface area contributed by atoms with E-state index in [1.165, 1.54) is 11.1 Å². The van der Waals surface area contributed by atoms with Crippen LogP contribution < -0.4 is 10.1 Å². The van der Waals surface area contributed by atoms with E-state index in [0.717, 1.165) is 41.2 Å². The highest BCUT2D eigenvalue weighted by atomic mass is 16.5. The van der Waals surface area contributed by atoms with Crippen LogP contribution in [0, 0.1) is 13.8 Å². The predicted molar refractivity (Wildman–Crippen MR) is 137 cm³/mol. The molecule has 0 spiro atoms. The highest BCUT2D eigenvalue weighted by molar-refractivity contribution is 5.94. The van der Waals surface area contributed by atoms with Crippen LogP contribution in [0.1, 0.15) is 91.7 Å². The van der Waals surface area contributed by atoms with Crippen molar-refractivity contribution >= 4 is 5.78 Å². The van der Waals surface area contributed by atoms with Crippen molar-refractivity contribution in [3.63, 3.8) is 0 Å². The van der Waals surface area contributed by atoms with E-state index in [-0.39, 0.29) is 23.5 Å². The van der Waals surface area contributed by atoms with E-state index in [9.17, 15) is 4.79 Å². The second-order valence-electron chi connectivity index (χ2n) is 9.66. The smallest absolute Gasteiger partial charge is 0.159 e. The molecular formula is C29H37N3O2. The zero-order chi connectivity index (χ0) is 24.9. The van der Waals surface area contributed by atoms with Gasteiger partial charge in [0.05, 0.1) is 0 Å². The Labute approximate surface area is 204 Å². The monoisotopic (exact) mass is 459 g/mol. The van der Waals surface area contributed by atoms with E-state index >= 15 is 0 Å². The molecule has 0 aliphatic carbocycles. The van der Waals surface area contributed by atoms with Crippen LogP contribution in [0.3, 0.4) is 0 Å². The van der Waals surface area contributed by atoms with Crippen molar-refractivity contribution in [1.82, 2.24) is 15.3 Å². The number of carbonyl (C=O) groups excluding carboxylic acids is 1. The first kappa shape index (κ1) is 25.6. The van der Waals surface area contributed by atoms with Gasteiger partial charge in [-0.25, -0.2) is 9.97 Å². The fourth-order valence-corrected chi connectivity index (χ4v) is 4.24. The van der Waals surface area contributed by atoms with Gasteiger partial charge >= 0.3 is 0 Å². The van der Waals surface area contributed by atoms with Gasteiger partial charge in [0.1, 0.15) is 17.2 Å². The Bertz CT molecular complexity index is 1110. The molecule has 4 rings (SSSR count). The van der Waals surface area contributed by atoms with Gasteiger partial charge in [0.2, 0.25) is 0 Å². The fourth-order valence-electron chi connectivity index (χ4n) is 4.24. The van der Waals surface area contributed by atoms with Crippen LogP contribution in [0.25, 0.3) is 0 Å². The predicted octanol–water partition coefficient (Wildman–Crippen LogP) is 6.50. The van der Waals surface area contributed by atoms with Crippen LogP contribution in [0.2, 0.25) is 0 Å². The van der Waals surface area contributed by atoms with Crippen LogP contribution in [-0.4, -0.2) is 21.4 Å². The number of carbonyl (C=O) groups is 1. The molecule has 2 atom stereocenters. The Balaban J connectivity index is 0.000000343. The summed E-state index contributed by atoms with van der Waals surface area (Å²) < 4.78 is 6.15. The molecule has 1 aliphatic heterocycles. The lowest BCUT2D eigenvalue weighted by atomic mass is 9.87. The van der Waals surface area contributed by atoms with Crippen LogP contribution in [-0.2, 0) is 6.42 Å². The standard InChI is InChI=1S/C23H29NO2.C6H8N2/c1-6-17-7-9-18(10-8-17)15(2)24-21-14-23(4,5)26-22-12-11-19(16(3)25)13-20(21)22;1-5-3-4-7-6(2)8-5/h7-13,15,21,24H,6,14H2,1-5H3;3-4H,1-2H3. The molecule has 3 aromatic rings. The summed E-state index contributed by atoms with van der Waals surface area (Å²) in [5.41, 5.74) is 5.22.